The lowest BCUT2D eigenvalue weighted by Crippen LogP contribution is -2.02. The van der Waals surface area contributed by atoms with E-state index in [1.165, 1.54) is 25.7 Å². The van der Waals surface area contributed by atoms with Gasteiger partial charge in [0, 0.05) is 19.3 Å². The van der Waals surface area contributed by atoms with Crippen LogP contribution in [-0.2, 0) is 9.59 Å². The van der Waals surface area contributed by atoms with Crippen molar-refractivity contribution in [2.45, 2.75) is 90.1 Å². The third kappa shape index (κ3) is 15.2. The number of unbranched alkanes of at least 4 members (excludes halogenated alkanes) is 5. The minimum absolute atomic E-state index is 0.0656. The van der Waals surface area contributed by atoms with Gasteiger partial charge >= 0.3 is 5.97 Å². The maximum Gasteiger partial charge on any atom is 0.303 e. The van der Waals surface area contributed by atoms with Crippen molar-refractivity contribution >= 4 is 11.8 Å². The van der Waals surface area contributed by atoms with Gasteiger partial charge in [-0.25, -0.2) is 0 Å². The lowest BCUT2D eigenvalue weighted by Gasteiger charge is -2.05. The molecule has 0 heterocycles. The number of rotatable bonds is 15. The topological polar surface area (TPSA) is 74.6 Å². The van der Waals surface area contributed by atoms with Crippen LogP contribution in [0.4, 0.5) is 0 Å². The van der Waals surface area contributed by atoms with Crippen LogP contribution in [0.2, 0.25) is 0 Å². The normalized spacial score (nSPS) is 12.6. The van der Waals surface area contributed by atoms with Crippen molar-refractivity contribution < 1.29 is 19.8 Å². The molecular formula is C18H32O4. The zero-order valence-electron chi connectivity index (χ0n) is 13.9. The summed E-state index contributed by atoms with van der Waals surface area (Å²) in [5.74, 6) is -0.717. The minimum Gasteiger partial charge on any atom is -0.481 e. The van der Waals surface area contributed by atoms with Crippen molar-refractivity contribution in [2.24, 2.45) is 0 Å². The molecule has 0 aromatic carbocycles. The van der Waals surface area contributed by atoms with Crippen LogP contribution in [0.5, 0.6) is 0 Å². The Hall–Kier alpha value is -1.16. The molecule has 4 nitrogen and oxygen atoms in total. The number of aliphatic hydroxyl groups excluding tert-OH is 1. The smallest absolute Gasteiger partial charge is 0.303 e. The first kappa shape index (κ1) is 20.8. The van der Waals surface area contributed by atoms with Gasteiger partial charge in [0.2, 0.25) is 0 Å². The third-order valence-electron chi connectivity index (χ3n) is 3.63. The number of hydrogen-bond acceptors (Lipinski definition) is 3. The van der Waals surface area contributed by atoms with Crippen molar-refractivity contribution in [3.63, 3.8) is 0 Å². The number of aliphatic hydroxyl groups is 1. The van der Waals surface area contributed by atoms with E-state index in [0.717, 1.165) is 25.7 Å². The van der Waals surface area contributed by atoms with Crippen LogP contribution in [0.15, 0.2) is 12.2 Å². The van der Waals surface area contributed by atoms with Gasteiger partial charge in [-0.15, -0.1) is 0 Å². The average Bonchev–Trinajstić information content (AvgIpc) is 2.46. The zero-order valence-corrected chi connectivity index (χ0v) is 13.9. The van der Waals surface area contributed by atoms with Gasteiger partial charge in [0.05, 0.1) is 6.10 Å². The monoisotopic (exact) mass is 312 g/mol. The molecule has 1 unspecified atom stereocenters. The fraction of sp³-hybridized carbons (Fsp3) is 0.778. The zero-order chi connectivity index (χ0) is 16.6. The van der Waals surface area contributed by atoms with Gasteiger partial charge in [-0.2, -0.15) is 0 Å². The van der Waals surface area contributed by atoms with Crippen LogP contribution < -0.4 is 0 Å². The Balaban J connectivity index is 3.48. The number of carboxylic acid groups (broad SMARTS) is 1. The Bertz CT molecular complexity index is 323. The molecular weight excluding hydrogens is 280 g/mol. The molecule has 22 heavy (non-hydrogen) atoms. The Kier molecular flexibility index (Phi) is 14.0. The van der Waals surface area contributed by atoms with Crippen molar-refractivity contribution in [3.8, 4) is 0 Å². The second-order valence-electron chi connectivity index (χ2n) is 5.88. The molecule has 128 valence electrons. The summed E-state index contributed by atoms with van der Waals surface area (Å²) in [6.07, 6.45) is 13.1. The molecule has 0 saturated carbocycles. The van der Waals surface area contributed by atoms with E-state index < -0.39 is 5.97 Å². The minimum atomic E-state index is -0.848. The third-order valence-corrected chi connectivity index (χ3v) is 3.63. The second-order valence-corrected chi connectivity index (χ2v) is 5.88. The summed E-state index contributed by atoms with van der Waals surface area (Å²) in [7, 11) is 0. The fourth-order valence-corrected chi connectivity index (χ4v) is 2.29. The lowest BCUT2D eigenvalue weighted by atomic mass is 10.1. The molecule has 0 radical (unpaired) electrons. The van der Waals surface area contributed by atoms with Gasteiger partial charge in [-0.1, -0.05) is 51.2 Å². The number of hydrogen-bond donors (Lipinski definition) is 2. The van der Waals surface area contributed by atoms with E-state index in [4.69, 9.17) is 5.11 Å². The number of carbonyl (C=O) groups is 2. The van der Waals surface area contributed by atoms with Gasteiger partial charge in [0.15, 0.2) is 0 Å². The Labute approximate surface area is 134 Å². The molecule has 0 aromatic heterocycles. The molecule has 0 fully saturated rings. The van der Waals surface area contributed by atoms with E-state index in [0.29, 0.717) is 19.3 Å². The molecule has 0 aliphatic rings. The van der Waals surface area contributed by atoms with Crippen molar-refractivity contribution in [1.82, 2.24) is 0 Å². The molecule has 0 aliphatic heterocycles. The van der Waals surface area contributed by atoms with E-state index >= 15 is 0 Å². The average molecular weight is 312 g/mol. The molecule has 0 rings (SSSR count). The number of ketones is 1. The van der Waals surface area contributed by atoms with E-state index in [9.17, 15) is 14.7 Å². The number of allylic oxidation sites excluding steroid dienone is 1. The van der Waals surface area contributed by atoms with Crippen LogP contribution >= 0.6 is 0 Å². The maximum atomic E-state index is 11.5. The molecule has 0 spiro atoms. The first-order valence-corrected chi connectivity index (χ1v) is 8.64. The standard InChI is InChI=1S/C18H32O4/c1-2-3-4-5-7-11-16(19)12-8-6-9-13-17(20)14-10-15-18(21)22/h8,12,16,19H,2-7,9-11,13-15H2,1H3,(H,21,22). The molecule has 2 N–H and O–H groups in total. The van der Waals surface area contributed by atoms with Crippen molar-refractivity contribution in [3.05, 3.63) is 12.2 Å². The SMILES string of the molecule is CCCCCCCC(O)C=CCCCC(=O)CCCC(=O)O. The van der Waals surface area contributed by atoms with Gasteiger partial charge in [0.25, 0.3) is 0 Å². The van der Waals surface area contributed by atoms with E-state index in [1.54, 1.807) is 0 Å². The lowest BCUT2D eigenvalue weighted by molar-refractivity contribution is -0.137. The summed E-state index contributed by atoms with van der Waals surface area (Å²) in [6, 6.07) is 0. The van der Waals surface area contributed by atoms with Crippen molar-refractivity contribution in [1.29, 1.82) is 0 Å². The number of Topliss-reactive ketones (excluding diaryl/α,β-unsaturated/α-hetero) is 1. The Morgan fingerprint density at radius 3 is 2.32 bits per heavy atom. The van der Waals surface area contributed by atoms with Crippen LogP contribution in [-0.4, -0.2) is 28.1 Å². The Morgan fingerprint density at radius 2 is 1.64 bits per heavy atom. The van der Waals surface area contributed by atoms with Crippen LogP contribution in [0.25, 0.3) is 0 Å². The number of aliphatic carboxylic acids is 1. The predicted octanol–water partition coefficient (Wildman–Crippen LogP) is 4.26. The van der Waals surface area contributed by atoms with Crippen LogP contribution in [0.1, 0.15) is 84.0 Å². The Morgan fingerprint density at radius 1 is 0.955 bits per heavy atom. The van der Waals surface area contributed by atoms with E-state index in [1.807, 2.05) is 12.2 Å². The highest BCUT2D eigenvalue weighted by Crippen LogP contribution is 2.09. The highest BCUT2D eigenvalue weighted by atomic mass is 16.4. The van der Waals surface area contributed by atoms with Crippen molar-refractivity contribution in [2.75, 3.05) is 0 Å². The quantitative estimate of drug-likeness (QED) is 0.350. The summed E-state index contributed by atoms with van der Waals surface area (Å²) >= 11 is 0. The largest absolute Gasteiger partial charge is 0.481 e. The summed E-state index contributed by atoms with van der Waals surface area (Å²) in [6.45, 7) is 2.19. The molecule has 0 bridgehead atoms. The fourth-order valence-electron chi connectivity index (χ4n) is 2.29. The van der Waals surface area contributed by atoms with E-state index in [2.05, 4.69) is 6.92 Å². The van der Waals surface area contributed by atoms with Gasteiger partial charge < -0.3 is 10.2 Å². The number of carboxylic acids is 1. The second kappa shape index (κ2) is 14.8. The molecule has 0 saturated heterocycles. The first-order valence-electron chi connectivity index (χ1n) is 8.64. The first-order chi connectivity index (χ1) is 10.6. The predicted molar refractivity (Wildman–Crippen MR) is 88.9 cm³/mol. The molecule has 0 aromatic rings. The summed E-state index contributed by atoms with van der Waals surface area (Å²) < 4.78 is 0. The molecule has 4 heteroatoms. The van der Waals surface area contributed by atoms with Gasteiger partial charge in [-0.3, -0.25) is 9.59 Å². The van der Waals surface area contributed by atoms with Gasteiger partial charge in [0.1, 0.15) is 5.78 Å². The van der Waals surface area contributed by atoms with Gasteiger partial charge in [-0.05, 0) is 25.7 Å². The molecule has 1 atom stereocenters. The number of carbonyl (C=O) groups excluding carboxylic acids is 1. The summed E-state index contributed by atoms with van der Waals surface area (Å²) in [5.41, 5.74) is 0. The highest BCUT2D eigenvalue weighted by molar-refractivity contribution is 5.78. The maximum absolute atomic E-state index is 11.5. The van der Waals surface area contributed by atoms with Crippen LogP contribution in [0.3, 0.4) is 0 Å². The molecule has 0 aliphatic carbocycles. The molecule has 0 amide bonds. The summed E-state index contributed by atoms with van der Waals surface area (Å²) in [4.78, 5) is 21.8. The highest BCUT2D eigenvalue weighted by Gasteiger charge is 2.03. The van der Waals surface area contributed by atoms with E-state index in [-0.39, 0.29) is 18.3 Å². The summed E-state index contributed by atoms with van der Waals surface area (Å²) in [5, 5.41) is 18.3. The van der Waals surface area contributed by atoms with Crippen LogP contribution in [0, 0.1) is 0 Å².